The fourth-order valence-corrected chi connectivity index (χ4v) is 7.49. The summed E-state index contributed by atoms with van der Waals surface area (Å²) in [7, 11) is -0.322. The average molecular weight is 212 g/mol. The lowest BCUT2D eigenvalue weighted by molar-refractivity contribution is 0.780. The van der Waals surface area contributed by atoms with Gasteiger partial charge in [0.15, 0.2) is 0 Å². The highest BCUT2D eigenvalue weighted by atomic mass is 28.3. The van der Waals surface area contributed by atoms with Crippen LogP contribution in [-0.2, 0) is 0 Å². The normalized spacial score (nSPS) is 18.2. The van der Waals surface area contributed by atoms with Crippen LogP contribution in [0.5, 0.6) is 0 Å². The topological polar surface area (TPSA) is 0 Å². The molecule has 14 heavy (non-hydrogen) atoms. The maximum Gasteiger partial charge on any atom is 0.0399 e. The molecule has 1 fully saturated rings. The van der Waals surface area contributed by atoms with Crippen LogP contribution in [0.2, 0.25) is 17.6 Å². The summed E-state index contributed by atoms with van der Waals surface area (Å²) < 4.78 is 0. The van der Waals surface area contributed by atoms with E-state index in [0.717, 1.165) is 0 Å². The summed E-state index contributed by atoms with van der Waals surface area (Å²) in [6.45, 7) is 4.69. The van der Waals surface area contributed by atoms with Gasteiger partial charge in [-0.3, -0.25) is 0 Å². The Labute approximate surface area is 92.1 Å². The van der Waals surface area contributed by atoms with Crippen molar-refractivity contribution < 1.29 is 0 Å². The van der Waals surface area contributed by atoms with Gasteiger partial charge in [0.1, 0.15) is 0 Å². The van der Waals surface area contributed by atoms with Gasteiger partial charge in [-0.1, -0.05) is 77.3 Å². The fourth-order valence-electron chi connectivity index (χ4n) is 2.98. The van der Waals surface area contributed by atoms with Crippen LogP contribution in [0.25, 0.3) is 0 Å². The first-order chi connectivity index (χ1) is 6.88. The molecule has 1 aliphatic carbocycles. The lowest BCUT2D eigenvalue weighted by Gasteiger charge is -2.21. The van der Waals surface area contributed by atoms with Crippen LogP contribution >= 0.6 is 0 Å². The van der Waals surface area contributed by atoms with Gasteiger partial charge in [0.2, 0.25) is 0 Å². The summed E-state index contributed by atoms with van der Waals surface area (Å²) in [6.07, 6.45) is 12.2. The van der Waals surface area contributed by atoms with Crippen LogP contribution in [0.3, 0.4) is 0 Å². The summed E-state index contributed by atoms with van der Waals surface area (Å²) in [6, 6.07) is 3.31. The first-order valence-electron chi connectivity index (χ1n) is 6.88. The molecule has 1 rings (SSSR count). The molecule has 0 saturated heterocycles. The van der Waals surface area contributed by atoms with E-state index in [1.165, 1.54) is 31.2 Å². The van der Waals surface area contributed by atoms with Gasteiger partial charge >= 0.3 is 0 Å². The molecule has 0 nitrogen and oxygen atoms in total. The molecule has 0 aromatic rings. The second-order valence-corrected chi connectivity index (χ2v) is 8.71. The Morgan fingerprint density at radius 1 is 0.929 bits per heavy atom. The molecule has 0 bridgehead atoms. The molecule has 1 aliphatic rings. The summed E-state index contributed by atoms with van der Waals surface area (Å²) in [5.74, 6) is 0. The lowest BCUT2D eigenvalue weighted by Crippen LogP contribution is -2.18. The van der Waals surface area contributed by atoms with E-state index in [0.29, 0.717) is 0 Å². The van der Waals surface area contributed by atoms with Crippen LogP contribution in [0.15, 0.2) is 0 Å². The molecule has 0 unspecified atom stereocenters. The molecule has 0 radical (unpaired) electrons. The van der Waals surface area contributed by atoms with E-state index in [1.54, 1.807) is 37.8 Å². The summed E-state index contributed by atoms with van der Waals surface area (Å²) in [5, 5.41) is 0. The Bertz CT molecular complexity index is 119. The first-order valence-corrected chi connectivity index (χ1v) is 9.18. The van der Waals surface area contributed by atoms with Crippen molar-refractivity contribution in [2.24, 2.45) is 0 Å². The van der Waals surface area contributed by atoms with E-state index in [-0.39, 0.29) is 8.80 Å². The number of hydrogen-bond acceptors (Lipinski definition) is 0. The Morgan fingerprint density at radius 2 is 1.43 bits per heavy atom. The summed E-state index contributed by atoms with van der Waals surface area (Å²) >= 11 is 0. The maximum atomic E-state index is 2.35. The van der Waals surface area contributed by atoms with Crippen molar-refractivity contribution in [2.45, 2.75) is 82.8 Å². The van der Waals surface area contributed by atoms with Crippen molar-refractivity contribution in [3.8, 4) is 0 Å². The van der Waals surface area contributed by atoms with Crippen LogP contribution < -0.4 is 0 Å². The van der Waals surface area contributed by atoms with Crippen LogP contribution in [0.4, 0.5) is 0 Å². The molecule has 0 N–H and O–H groups in total. The monoisotopic (exact) mass is 212 g/mol. The third-order valence-corrected chi connectivity index (χ3v) is 8.22. The molecular formula is C13H28Si. The second-order valence-electron chi connectivity index (χ2n) is 5.09. The Kier molecular flexibility index (Phi) is 6.58. The van der Waals surface area contributed by atoms with Gasteiger partial charge in [-0.25, -0.2) is 0 Å². The number of unbranched alkanes of at least 4 members (excludes halogenated alkanes) is 2. The van der Waals surface area contributed by atoms with E-state index in [2.05, 4.69) is 13.8 Å². The van der Waals surface area contributed by atoms with Crippen LogP contribution in [0, 0.1) is 0 Å². The predicted octanol–water partition coefficient (Wildman–Crippen LogP) is 4.76. The predicted molar refractivity (Wildman–Crippen MR) is 68.8 cm³/mol. The Balaban J connectivity index is 2.26. The van der Waals surface area contributed by atoms with Crippen molar-refractivity contribution >= 4 is 8.80 Å². The van der Waals surface area contributed by atoms with Gasteiger partial charge in [0.05, 0.1) is 0 Å². The smallest absolute Gasteiger partial charge is 0.0399 e. The van der Waals surface area contributed by atoms with Gasteiger partial charge in [-0.15, -0.1) is 0 Å². The molecular weight excluding hydrogens is 184 g/mol. The Hall–Kier alpha value is 0.217. The van der Waals surface area contributed by atoms with E-state index in [9.17, 15) is 0 Å². The molecule has 1 heteroatoms. The highest BCUT2D eigenvalue weighted by Crippen LogP contribution is 2.36. The highest BCUT2D eigenvalue weighted by Gasteiger charge is 2.24. The number of hydrogen-bond donors (Lipinski definition) is 0. The molecule has 0 aliphatic heterocycles. The average Bonchev–Trinajstić information content (AvgIpc) is 2.71. The highest BCUT2D eigenvalue weighted by molar-refractivity contribution is 6.60. The summed E-state index contributed by atoms with van der Waals surface area (Å²) in [5.41, 5.74) is 1.24. The second kappa shape index (κ2) is 7.50. The van der Waals surface area contributed by atoms with Crippen molar-refractivity contribution in [2.75, 3.05) is 0 Å². The fraction of sp³-hybridized carbons (Fsp3) is 1.00. The minimum atomic E-state index is -0.322. The zero-order valence-corrected chi connectivity index (χ0v) is 11.4. The van der Waals surface area contributed by atoms with Crippen molar-refractivity contribution in [1.29, 1.82) is 0 Å². The van der Waals surface area contributed by atoms with Gasteiger partial charge in [-0.2, -0.15) is 0 Å². The molecule has 1 saturated carbocycles. The molecule has 84 valence electrons. The summed E-state index contributed by atoms with van der Waals surface area (Å²) in [4.78, 5) is 0. The van der Waals surface area contributed by atoms with Crippen molar-refractivity contribution in [3.63, 3.8) is 0 Å². The van der Waals surface area contributed by atoms with E-state index < -0.39 is 0 Å². The molecule has 0 aromatic carbocycles. The zero-order chi connectivity index (χ0) is 10.2. The molecule has 0 aromatic heterocycles. The largest absolute Gasteiger partial charge is 0.0654 e. The van der Waals surface area contributed by atoms with Crippen molar-refractivity contribution in [3.05, 3.63) is 0 Å². The van der Waals surface area contributed by atoms with Crippen LogP contribution in [0.1, 0.15) is 65.2 Å². The maximum absolute atomic E-state index is 2.35. The minimum Gasteiger partial charge on any atom is -0.0654 e. The van der Waals surface area contributed by atoms with E-state index in [4.69, 9.17) is 0 Å². The molecule has 0 heterocycles. The number of rotatable bonds is 7. The van der Waals surface area contributed by atoms with Gasteiger partial charge < -0.3 is 0 Å². The quantitative estimate of drug-likeness (QED) is 0.534. The van der Waals surface area contributed by atoms with E-state index >= 15 is 0 Å². The van der Waals surface area contributed by atoms with Gasteiger partial charge in [0.25, 0.3) is 0 Å². The minimum absolute atomic E-state index is 0.322. The van der Waals surface area contributed by atoms with Gasteiger partial charge in [0, 0.05) is 8.80 Å². The molecule has 0 spiro atoms. The van der Waals surface area contributed by atoms with Gasteiger partial charge in [-0.05, 0) is 5.54 Å². The standard InChI is InChI=1S/C13H28Si/c1-3-5-11-14(12-6-4-2)13-9-7-8-10-13/h13-14H,3-12H2,1-2H3. The van der Waals surface area contributed by atoms with E-state index in [1.807, 2.05) is 0 Å². The first kappa shape index (κ1) is 12.3. The zero-order valence-electron chi connectivity index (χ0n) is 10.2. The molecule has 0 atom stereocenters. The third-order valence-electron chi connectivity index (χ3n) is 3.92. The Morgan fingerprint density at radius 3 is 1.86 bits per heavy atom. The molecule has 0 amide bonds. The lowest BCUT2D eigenvalue weighted by atomic mass is 10.4. The third kappa shape index (κ3) is 4.16. The van der Waals surface area contributed by atoms with Crippen molar-refractivity contribution in [1.82, 2.24) is 0 Å². The SMILES string of the molecule is CCCC[SiH](CCCC)C1CCCC1. The van der Waals surface area contributed by atoms with Crippen LogP contribution in [-0.4, -0.2) is 8.80 Å².